The molecule has 1 aliphatic carbocycles. The number of fused-ring (bicyclic) bond motifs is 1. The third kappa shape index (κ3) is 7.63. The number of phenols is 3. The van der Waals surface area contributed by atoms with Gasteiger partial charge in [-0.3, -0.25) is 0 Å². The van der Waals surface area contributed by atoms with E-state index in [2.05, 4.69) is 141 Å². The van der Waals surface area contributed by atoms with Crippen molar-refractivity contribution in [2.75, 3.05) is 4.90 Å². The molecule has 0 aliphatic heterocycles. The zero-order valence-electron chi connectivity index (χ0n) is 32.1. The van der Waals surface area contributed by atoms with Crippen LogP contribution in [0.3, 0.4) is 0 Å². The molecule has 0 amide bonds. The number of aromatic hydroxyl groups is 3. The first kappa shape index (κ1) is 36.8. The van der Waals surface area contributed by atoms with Crippen LogP contribution in [0.2, 0.25) is 0 Å². The van der Waals surface area contributed by atoms with Crippen molar-refractivity contribution in [3.63, 3.8) is 0 Å². The fourth-order valence-corrected chi connectivity index (χ4v) is 7.39. The molecule has 0 aromatic heterocycles. The lowest BCUT2D eigenvalue weighted by molar-refractivity contribution is 0.394. The largest absolute Gasteiger partial charge is 0.507 e. The molecule has 0 radical (unpaired) electrons. The van der Waals surface area contributed by atoms with Crippen molar-refractivity contribution in [2.45, 2.75) is 47.1 Å². The lowest BCUT2D eigenvalue weighted by atomic mass is 9.90. The Morgan fingerprint density at radius 2 is 1.13 bits per heavy atom. The van der Waals surface area contributed by atoms with Gasteiger partial charge in [0.2, 0.25) is 0 Å². The van der Waals surface area contributed by atoms with Crippen LogP contribution in [-0.4, -0.2) is 21.4 Å². The van der Waals surface area contributed by atoms with E-state index in [0.29, 0.717) is 16.7 Å². The summed E-state index contributed by atoms with van der Waals surface area (Å²) in [6.07, 6.45) is 7.65. The van der Waals surface area contributed by atoms with Gasteiger partial charge in [0.15, 0.2) is 11.5 Å². The Labute approximate surface area is 324 Å². The van der Waals surface area contributed by atoms with Gasteiger partial charge in [0.05, 0.1) is 11.6 Å². The molecule has 7 aromatic carbocycles. The predicted molar refractivity (Wildman–Crippen MR) is 230 cm³/mol. The van der Waals surface area contributed by atoms with Crippen molar-refractivity contribution in [3.05, 3.63) is 191 Å². The molecule has 4 heteroatoms. The van der Waals surface area contributed by atoms with E-state index < -0.39 is 0 Å². The molecule has 1 unspecified atom stereocenters. The predicted octanol–water partition coefficient (Wildman–Crippen LogP) is 13.1. The standard InChI is InChI=1S/C44H39NO3.C7H8/c1-27-9-5-8-12-39(27)40-26-35(14-13-28(40)2)32-15-20-36(21-16-32)45(38-24-17-31-10-6-7-11-34(31)25-38)37-22-18-33(19-23-37)41-42(46)29(3)30(4)43(47)44(41)48;1-7-5-3-2-4-6-7/h5-20,22-26,36,46-48H,21H2,1-4H3;2-6H,1H3. The maximum Gasteiger partial charge on any atom is 0.169 e. The Morgan fingerprint density at radius 3 is 1.80 bits per heavy atom. The highest BCUT2D eigenvalue weighted by atomic mass is 16.3. The molecule has 0 spiro atoms. The number of benzene rings is 7. The number of aryl methyl sites for hydroxylation is 3. The molecule has 3 N–H and O–H groups in total. The van der Waals surface area contributed by atoms with Crippen LogP contribution in [0.4, 0.5) is 11.4 Å². The first-order valence-corrected chi connectivity index (χ1v) is 18.8. The summed E-state index contributed by atoms with van der Waals surface area (Å²) in [6, 6.07) is 48.3. The first-order chi connectivity index (χ1) is 26.6. The summed E-state index contributed by atoms with van der Waals surface area (Å²) in [5, 5.41) is 34.6. The fourth-order valence-electron chi connectivity index (χ4n) is 7.39. The molecule has 1 atom stereocenters. The molecule has 8 rings (SSSR count). The summed E-state index contributed by atoms with van der Waals surface area (Å²) in [4.78, 5) is 2.34. The quantitative estimate of drug-likeness (QED) is 0.118. The van der Waals surface area contributed by atoms with Crippen molar-refractivity contribution in [1.29, 1.82) is 0 Å². The molecule has 274 valence electrons. The van der Waals surface area contributed by atoms with Gasteiger partial charge in [0, 0.05) is 16.9 Å². The zero-order valence-corrected chi connectivity index (χ0v) is 32.1. The Kier molecular flexibility index (Phi) is 10.6. The maximum atomic E-state index is 10.9. The lowest BCUT2D eigenvalue weighted by Gasteiger charge is -2.33. The number of anilines is 2. The van der Waals surface area contributed by atoms with Crippen LogP contribution in [0.1, 0.15) is 39.8 Å². The van der Waals surface area contributed by atoms with E-state index in [0.717, 1.165) is 23.2 Å². The molecular formula is C51H47NO3. The van der Waals surface area contributed by atoms with Crippen LogP contribution in [0.5, 0.6) is 17.2 Å². The van der Waals surface area contributed by atoms with Gasteiger partial charge in [-0.25, -0.2) is 0 Å². The van der Waals surface area contributed by atoms with Crippen LogP contribution >= 0.6 is 0 Å². The highest BCUT2D eigenvalue weighted by molar-refractivity contribution is 5.88. The first-order valence-electron chi connectivity index (χ1n) is 18.8. The zero-order chi connectivity index (χ0) is 38.6. The minimum absolute atomic E-state index is 0.0310. The van der Waals surface area contributed by atoms with Gasteiger partial charge in [-0.15, -0.1) is 0 Å². The van der Waals surface area contributed by atoms with E-state index in [4.69, 9.17) is 0 Å². The molecule has 0 heterocycles. The summed E-state index contributed by atoms with van der Waals surface area (Å²) in [5.41, 5.74) is 12.7. The van der Waals surface area contributed by atoms with E-state index in [1.807, 2.05) is 42.5 Å². The summed E-state index contributed by atoms with van der Waals surface area (Å²) in [7, 11) is 0. The number of hydrogen-bond donors (Lipinski definition) is 3. The summed E-state index contributed by atoms with van der Waals surface area (Å²) in [6.45, 7) is 9.83. The van der Waals surface area contributed by atoms with Crippen LogP contribution in [0.25, 0.3) is 38.6 Å². The number of allylic oxidation sites excluding steroid dienone is 2. The molecule has 1 aliphatic rings. The van der Waals surface area contributed by atoms with E-state index in [9.17, 15) is 15.3 Å². The SMILES string of the molecule is Cc1ccccc1.Cc1ccccc1-c1cc(C2=CCC(N(c3ccc(-c4c(O)c(C)c(C)c(O)c4O)cc3)c3ccc4ccccc4c3)C=C2)ccc1C. The highest BCUT2D eigenvalue weighted by Gasteiger charge is 2.24. The molecule has 0 saturated heterocycles. The van der Waals surface area contributed by atoms with Gasteiger partial charge in [-0.2, -0.15) is 0 Å². The van der Waals surface area contributed by atoms with Crippen molar-refractivity contribution in [1.82, 2.24) is 0 Å². The monoisotopic (exact) mass is 721 g/mol. The van der Waals surface area contributed by atoms with E-state index >= 15 is 0 Å². The number of rotatable bonds is 6. The molecule has 0 fully saturated rings. The van der Waals surface area contributed by atoms with Crippen molar-refractivity contribution in [2.24, 2.45) is 0 Å². The molecule has 4 nitrogen and oxygen atoms in total. The topological polar surface area (TPSA) is 63.9 Å². The average Bonchev–Trinajstić information content (AvgIpc) is 3.21. The fraction of sp³-hybridized carbons (Fsp3) is 0.137. The second-order valence-corrected chi connectivity index (χ2v) is 14.4. The van der Waals surface area contributed by atoms with Gasteiger partial charge in [-0.05, 0) is 127 Å². The lowest BCUT2D eigenvalue weighted by Crippen LogP contribution is -2.30. The normalized spacial score (nSPS) is 13.5. The number of phenolic OH excluding ortho intramolecular Hbond substituents is 3. The molecule has 7 aromatic rings. The van der Waals surface area contributed by atoms with Gasteiger partial charge < -0.3 is 20.2 Å². The van der Waals surface area contributed by atoms with Crippen LogP contribution in [0, 0.1) is 34.6 Å². The third-order valence-corrected chi connectivity index (χ3v) is 10.8. The minimum atomic E-state index is -0.315. The maximum absolute atomic E-state index is 10.9. The molecular weight excluding hydrogens is 675 g/mol. The average molecular weight is 722 g/mol. The van der Waals surface area contributed by atoms with Crippen molar-refractivity contribution in [3.8, 4) is 39.5 Å². The smallest absolute Gasteiger partial charge is 0.169 e. The number of nitrogens with zero attached hydrogens (tertiary/aromatic N) is 1. The van der Waals surface area contributed by atoms with Gasteiger partial charge in [-0.1, -0.05) is 133 Å². The van der Waals surface area contributed by atoms with Gasteiger partial charge in [0.1, 0.15) is 5.75 Å². The summed E-state index contributed by atoms with van der Waals surface area (Å²) >= 11 is 0. The minimum Gasteiger partial charge on any atom is -0.507 e. The number of hydrogen-bond acceptors (Lipinski definition) is 4. The Hall–Kier alpha value is -6.52. The molecule has 0 bridgehead atoms. The second kappa shape index (κ2) is 15.8. The van der Waals surface area contributed by atoms with Crippen molar-refractivity contribution < 1.29 is 15.3 Å². The van der Waals surface area contributed by atoms with Crippen LogP contribution in [-0.2, 0) is 0 Å². The van der Waals surface area contributed by atoms with Gasteiger partial charge in [0.25, 0.3) is 0 Å². The van der Waals surface area contributed by atoms with E-state index in [1.165, 1.54) is 44.3 Å². The van der Waals surface area contributed by atoms with E-state index in [-0.39, 0.29) is 28.9 Å². The summed E-state index contributed by atoms with van der Waals surface area (Å²) in [5.74, 6) is -0.558. The Bertz CT molecular complexity index is 2520. The molecule has 55 heavy (non-hydrogen) atoms. The Morgan fingerprint density at radius 1 is 0.509 bits per heavy atom. The van der Waals surface area contributed by atoms with Gasteiger partial charge >= 0.3 is 0 Å². The molecule has 0 saturated carbocycles. The van der Waals surface area contributed by atoms with Crippen LogP contribution in [0.15, 0.2) is 158 Å². The Balaban J connectivity index is 0.000000599. The third-order valence-electron chi connectivity index (χ3n) is 10.8. The highest BCUT2D eigenvalue weighted by Crippen LogP contribution is 2.48. The second-order valence-electron chi connectivity index (χ2n) is 14.4. The van der Waals surface area contributed by atoms with E-state index in [1.54, 1.807) is 13.8 Å². The summed E-state index contributed by atoms with van der Waals surface area (Å²) < 4.78 is 0. The van der Waals surface area contributed by atoms with Crippen molar-refractivity contribution >= 4 is 27.7 Å². The van der Waals surface area contributed by atoms with Crippen LogP contribution < -0.4 is 4.90 Å².